The number of aryl methyl sites for hydroxylation is 4. The number of rotatable bonds is 9. The van der Waals surface area contributed by atoms with E-state index in [1.54, 1.807) is 14.2 Å². The predicted octanol–water partition coefficient (Wildman–Crippen LogP) is 3.80. The first-order valence-electron chi connectivity index (χ1n) is 10.8. The van der Waals surface area contributed by atoms with Crippen LogP contribution in [0.1, 0.15) is 27.8 Å². The molecule has 0 saturated carbocycles. The molecule has 6 heteroatoms. The van der Waals surface area contributed by atoms with Gasteiger partial charge in [0, 0.05) is 27.3 Å². The first-order chi connectivity index (χ1) is 15.3. The lowest BCUT2D eigenvalue weighted by molar-refractivity contribution is -0.120. The molecule has 170 valence electrons. The molecule has 1 heterocycles. The van der Waals surface area contributed by atoms with Crippen LogP contribution in [0.15, 0.2) is 42.1 Å². The molecule has 0 aliphatic carbocycles. The molecule has 0 fully saturated rings. The van der Waals surface area contributed by atoms with Crippen molar-refractivity contribution in [3.63, 3.8) is 0 Å². The minimum Gasteiger partial charge on any atom is -0.383 e. The third-order valence-corrected chi connectivity index (χ3v) is 6.05. The molecule has 0 atom stereocenters. The Labute approximate surface area is 190 Å². The SMILES string of the molecule is COCCN(CCOC)C1=C(c2ccc(C)c(C)c2)C(=O)N(c2ccc(C)c(C)c2)C1=O. The van der Waals surface area contributed by atoms with E-state index in [0.717, 1.165) is 27.8 Å². The van der Waals surface area contributed by atoms with Gasteiger partial charge >= 0.3 is 0 Å². The van der Waals surface area contributed by atoms with E-state index in [-0.39, 0.29) is 11.8 Å². The minimum atomic E-state index is -0.321. The van der Waals surface area contributed by atoms with Gasteiger partial charge in [0.25, 0.3) is 11.8 Å². The number of methoxy groups -OCH3 is 2. The zero-order chi connectivity index (χ0) is 23.4. The van der Waals surface area contributed by atoms with E-state index >= 15 is 0 Å². The molecule has 3 rings (SSSR count). The average molecular weight is 437 g/mol. The van der Waals surface area contributed by atoms with E-state index < -0.39 is 0 Å². The second-order valence-electron chi connectivity index (χ2n) is 8.21. The van der Waals surface area contributed by atoms with Crippen molar-refractivity contribution in [1.82, 2.24) is 4.90 Å². The van der Waals surface area contributed by atoms with Gasteiger partial charge in [-0.05, 0) is 67.6 Å². The fraction of sp³-hybridized carbons (Fsp3) is 0.385. The number of carbonyl (C=O) groups excluding carboxylic acids is 2. The van der Waals surface area contributed by atoms with Crippen molar-refractivity contribution >= 4 is 23.1 Å². The first kappa shape index (κ1) is 23.7. The molecule has 0 saturated heterocycles. The summed E-state index contributed by atoms with van der Waals surface area (Å²) in [7, 11) is 3.24. The summed E-state index contributed by atoms with van der Waals surface area (Å²) in [5, 5.41) is 0. The third kappa shape index (κ3) is 4.61. The van der Waals surface area contributed by atoms with Gasteiger partial charge in [-0.15, -0.1) is 0 Å². The summed E-state index contributed by atoms with van der Waals surface area (Å²) < 4.78 is 10.6. The van der Waals surface area contributed by atoms with Crippen LogP contribution in [0.25, 0.3) is 5.57 Å². The number of hydrogen-bond donors (Lipinski definition) is 0. The van der Waals surface area contributed by atoms with Crippen LogP contribution in [-0.4, -0.2) is 57.2 Å². The maximum atomic E-state index is 13.7. The van der Waals surface area contributed by atoms with E-state index in [1.165, 1.54) is 4.90 Å². The van der Waals surface area contributed by atoms with Crippen molar-refractivity contribution in [2.75, 3.05) is 45.4 Å². The Kier molecular flexibility index (Phi) is 7.48. The Morgan fingerprint density at radius 2 is 1.31 bits per heavy atom. The van der Waals surface area contributed by atoms with Crippen LogP contribution in [0, 0.1) is 27.7 Å². The molecule has 2 aromatic carbocycles. The van der Waals surface area contributed by atoms with Gasteiger partial charge < -0.3 is 14.4 Å². The molecular weight excluding hydrogens is 404 g/mol. The van der Waals surface area contributed by atoms with Crippen molar-refractivity contribution in [3.8, 4) is 0 Å². The summed E-state index contributed by atoms with van der Waals surface area (Å²) >= 11 is 0. The second kappa shape index (κ2) is 10.1. The molecule has 0 spiro atoms. The summed E-state index contributed by atoms with van der Waals surface area (Å²) in [5.74, 6) is -0.630. The van der Waals surface area contributed by atoms with Crippen molar-refractivity contribution in [3.05, 3.63) is 69.9 Å². The van der Waals surface area contributed by atoms with E-state index in [9.17, 15) is 9.59 Å². The molecular formula is C26H32N2O4. The molecule has 0 unspecified atom stereocenters. The number of nitrogens with zero attached hydrogens (tertiary/aromatic N) is 2. The quantitative estimate of drug-likeness (QED) is 0.560. The lowest BCUT2D eigenvalue weighted by atomic mass is 9.99. The number of carbonyl (C=O) groups is 2. The molecule has 0 radical (unpaired) electrons. The average Bonchev–Trinajstić information content (AvgIpc) is 3.02. The van der Waals surface area contributed by atoms with Gasteiger partial charge in [-0.3, -0.25) is 9.59 Å². The Balaban J connectivity index is 2.16. The number of amides is 2. The maximum Gasteiger partial charge on any atom is 0.282 e. The number of hydrogen-bond acceptors (Lipinski definition) is 5. The van der Waals surface area contributed by atoms with Gasteiger partial charge in [0.05, 0.1) is 24.5 Å². The summed E-state index contributed by atoms with van der Waals surface area (Å²) in [5.41, 5.74) is 6.48. The molecule has 1 aliphatic heterocycles. The van der Waals surface area contributed by atoms with Crippen LogP contribution in [0.5, 0.6) is 0 Å². The number of anilines is 1. The van der Waals surface area contributed by atoms with E-state index in [0.29, 0.717) is 43.3 Å². The largest absolute Gasteiger partial charge is 0.383 e. The topological polar surface area (TPSA) is 59.1 Å². The van der Waals surface area contributed by atoms with Crippen molar-refractivity contribution in [2.45, 2.75) is 27.7 Å². The minimum absolute atomic E-state index is 0.309. The highest BCUT2D eigenvalue weighted by atomic mass is 16.5. The van der Waals surface area contributed by atoms with Crippen molar-refractivity contribution in [1.29, 1.82) is 0 Å². The lowest BCUT2D eigenvalue weighted by Gasteiger charge is -2.25. The van der Waals surface area contributed by atoms with Crippen LogP contribution >= 0.6 is 0 Å². The molecule has 6 nitrogen and oxygen atoms in total. The molecule has 0 aromatic heterocycles. The number of imide groups is 1. The lowest BCUT2D eigenvalue weighted by Crippen LogP contribution is -2.37. The van der Waals surface area contributed by atoms with Gasteiger partial charge in [0.1, 0.15) is 5.70 Å². The van der Waals surface area contributed by atoms with Crippen LogP contribution in [0.4, 0.5) is 5.69 Å². The number of benzene rings is 2. The second-order valence-corrected chi connectivity index (χ2v) is 8.21. The zero-order valence-electron chi connectivity index (χ0n) is 19.8. The Bertz CT molecular complexity index is 1050. The van der Waals surface area contributed by atoms with Gasteiger partial charge in [-0.25, -0.2) is 4.90 Å². The van der Waals surface area contributed by atoms with Crippen LogP contribution in [0.3, 0.4) is 0 Å². The summed E-state index contributed by atoms with van der Waals surface area (Å²) in [4.78, 5) is 30.7. The Hall–Kier alpha value is -2.96. The van der Waals surface area contributed by atoms with Crippen LogP contribution in [0.2, 0.25) is 0 Å². The third-order valence-electron chi connectivity index (χ3n) is 6.05. The van der Waals surface area contributed by atoms with Gasteiger partial charge in [0.2, 0.25) is 0 Å². The smallest absolute Gasteiger partial charge is 0.282 e. The Morgan fingerprint density at radius 1 is 0.750 bits per heavy atom. The molecule has 32 heavy (non-hydrogen) atoms. The number of ether oxygens (including phenoxy) is 2. The van der Waals surface area contributed by atoms with Crippen LogP contribution < -0.4 is 4.90 Å². The standard InChI is InChI=1S/C26H32N2O4/c1-17-7-9-21(15-19(17)3)23-24(27(11-13-31-5)12-14-32-6)26(30)28(25(23)29)22-10-8-18(2)20(4)16-22/h7-10,15-16H,11-14H2,1-6H3. The fourth-order valence-corrected chi connectivity index (χ4v) is 3.81. The highest BCUT2D eigenvalue weighted by Gasteiger charge is 2.42. The molecule has 0 N–H and O–H groups in total. The first-order valence-corrected chi connectivity index (χ1v) is 10.8. The van der Waals surface area contributed by atoms with E-state index in [1.807, 2.05) is 69.0 Å². The molecule has 1 aliphatic rings. The monoisotopic (exact) mass is 436 g/mol. The van der Waals surface area contributed by atoms with Gasteiger partial charge in [0.15, 0.2) is 0 Å². The highest BCUT2D eigenvalue weighted by molar-refractivity contribution is 6.45. The van der Waals surface area contributed by atoms with Crippen molar-refractivity contribution < 1.29 is 19.1 Å². The zero-order valence-corrected chi connectivity index (χ0v) is 19.8. The van der Waals surface area contributed by atoms with Gasteiger partial charge in [-0.2, -0.15) is 0 Å². The van der Waals surface area contributed by atoms with E-state index in [2.05, 4.69) is 0 Å². The fourth-order valence-electron chi connectivity index (χ4n) is 3.81. The summed E-state index contributed by atoms with van der Waals surface area (Å²) in [6, 6.07) is 11.5. The van der Waals surface area contributed by atoms with E-state index in [4.69, 9.17) is 9.47 Å². The highest BCUT2D eigenvalue weighted by Crippen LogP contribution is 2.36. The van der Waals surface area contributed by atoms with Crippen LogP contribution in [-0.2, 0) is 19.1 Å². The van der Waals surface area contributed by atoms with Crippen molar-refractivity contribution in [2.24, 2.45) is 0 Å². The predicted molar refractivity (Wildman–Crippen MR) is 127 cm³/mol. The summed E-state index contributed by atoms with van der Waals surface area (Å²) in [6.45, 7) is 9.83. The maximum absolute atomic E-state index is 13.7. The normalized spacial score (nSPS) is 14.0. The Morgan fingerprint density at radius 3 is 1.84 bits per heavy atom. The van der Waals surface area contributed by atoms with Gasteiger partial charge in [-0.1, -0.05) is 24.3 Å². The summed E-state index contributed by atoms with van der Waals surface area (Å²) in [6.07, 6.45) is 0. The molecule has 2 amide bonds. The molecule has 2 aromatic rings. The molecule has 0 bridgehead atoms.